The van der Waals surface area contributed by atoms with Gasteiger partial charge >= 0.3 is 0 Å². The van der Waals surface area contributed by atoms with E-state index in [1.165, 1.54) is 19.4 Å². The maximum atomic E-state index is 12.2. The van der Waals surface area contributed by atoms with Crippen LogP contribution in [-0.2, 0) is 11.3 Å². The summed E-state index contributed by atoms with van der Waals surface area (Å²) >= 11 is 0. The summed E-state index contributed by atoms with van der Waals surface area (Å²) < 4.78 is 6.99. The molecule has 1 heterocycles. The summed E-state index contributed by atoms with van der Waals surface area (Å²) in [5, 5.41) is 13.5. The third kappa shape index (κ3) is 3.83. The van der Waals surface area contributed by atoms with Crippen LogP contribution in [0.2, 0.25) is 0 Å². The number of nitrogens with zero attached hydrogens (tertiary/aromatic N) is 3. The van der Waals surface area contributed by atoms with Crippen molar-refractivity contribution in [1.82, 2.24) is 15.0 Å². The summed E-state index contributed by atoms with van der Waals surface area (Å²) in [6, 6.07) is 12.6. The Morgan fingerprint density at radius 1 is 1.38 bits per heavy atom. The standard InChI is InChI=1S/C19H20N4O3/c1-13(11-23-12-20-15-5-3-4-6-16(15)23)19(25)22-21-10-14-7-8-17(24)18(9-14)26-2/h3-10,12-13,24H,11H2,1-2H3,(H,22,25)/b21-10-/t13-/m1/s1. The minimum atomic E-state index is -0.279. The molecule has 3 rings (SSSR count). The van der Waals surface area contributed by atoms with Gasteiger partial charge in [-0.1, -0.05) is 19.1 Å². The quantitative estimate of drug-likeness (QED) is 0.527. The van der Waals surface area contributed by atoms with Gasteiger partial charge in [0.2, 0.25) is 5.91 Å². The van der Waals surface area contributed by atoms with Gasteiger partial charge in [-0.25, -0.2) is 10.4 Å². The van der Waals surface area contributed by atoms with Crippen LogP contribution < -0.4 is 10.2 Å². The molecule has 0 bridgehead atoms. The van der Waals surface area contributed by atoms with Gasteiger partial charge in [0, 0.05) is 6.54 Å². The van der Waals surface area contributed by atoms with E-state index >= 15 is 0 Å². The Labute approximate surface area is 150 Å². The number of aromatic nitrogens is 2. The van der Waals surface area contributed by atoms with E-state index in [1.807, 2.05) is 35.8 Å². The van der Waals surface area contributed by atoms with Crippen LogP contribution in [0.5, 0.6) is 11.5 Å². The van der Waals surface area contributed by atoms with Crippen LogP contribution in [0.3, 0.4) is 0 Å². The van der Waals surface area contributed by atoms with E-state index in [9.17, 15) is 9.90 Å². The van der Waals surface area contributed by atoms with Crippen LogP contribution in [0.15, 0.2) is 53.9 Å². The van der Waals surface area contributed by atoms with E-state index in [2.05, 4.69) is 15.5 Å². The van der Waals surface area contributed by atoms with Gasteiger partial charge in [-0.2, -0.15) is 5.10 Å². The Balaban J connectivity index is 1.61. The van der Waals surface area contributed by atoms with Crippen molar-refractivity contribution in [2.45, 2.75) is 13.5 Å². The van der Waals surface area contributed by atoms with Crippen molar-refractivity contribution in [3.63, 3.8) is 0 Å². The zero-order valence-electron chi connectivity index (χ0n) is 14.6. The summed E-state index contributed by atoms with van der Waals surface area (Å²) in [7, 11) is 1.47. The molecule has 3 aromatic rings. The minimum absolute atomic E-state index is 0.0508. The van der Waals surface area contributed by atoms with Crippen LogP contribution in [0.25, 0.3) is 11.0 Å². The number of phenolic OH excluding ortho intramolecular Hbond substituents is 1. The number of aromatic hydroxyl groups is 1. The lowest BCUT2D eigenvalue weighted by Gasteiger charge is -2.11. The largest absolute Gasteiger partial charge is 0.504 e. The molecule has 2 aromatic carbocycles. The van der Waals surface area contributed by atoms with Crippen molar-refractivity contribution < 1.29 is 14.6 Å². The lowest BCUT2D eigenvalue weighted by molar-refractivity contribution is -0.124. The molecule has 7 nitrogen and oxygen atoms in total. The fourth-order valence-electron chi connectivity index (χ4n) is 2.59. The molecule has 0 unspecified atom stereocenters. The number of hydrogen-bond donors (Lipinski definition) is 2. The number of nitrogens with one attached hydrogen (secondary N) is 1. The molecule has 0 aliphatic carbocycles. The van der Waals surface area contributed by atoms with Gasteiger partial charge in [0.1, 0.15) is 0 Å². The third-order valence-electron chi connectivity index (χ3n) is 4.04. The SMILES string of the molecule is COc1cc(/C=N\NC(=O)[C@H](C)Cn2cnc3ccccc32)ccc1O. The first-order valence-electron chi connectivity index (χ1n) is 8.18. The first kappa shape index (κ1) is 17.5. The third-order valence-corrected chi connectivity index (χ3v) is 4.04. The smallest absolute Gasteiger partial charge is 0.244 e. The maximum Gasteiger partial charge on any atom is 0.244 e. The summed E-state index contributed by atoms with van der Waals surface area (Å²) in [5.41, 5.74) is 5.13. The molecule has 1 amide bonds. The number of rotatable bonds is 6. The number of phenols is 1. The van der Waals surface area contributed by atoms with Gasteiger partial charge in [0.25, 0.3) is 0 Å². The van der Waals surface area contributed by atoms with Crippen LogP contribution in [-0.4, -0.2) is 33.9 Å². The Kier molecular flexibility index (Phi) is 5.17. The van der Waals surface area contributed by atoms with E-state index in [0.29, 0.717) is 17.9 Å². The lowest BCUT2D eigenvalue weighted by atomic mass is 10.1. The van der Waals surface area contributed by atoms with Crippen LogP contribution >= 0.6 is 0 Å². The molecule has 7 heteroatoms. The highest BCUT2D eigenvalue weighted by Gasteiger charge is 2.14. The Hall–Kier alpha value is -3.35. The Bertz CT molecular complexity index is 949. The van der Waals surface area contributed by atoms with E-state index in [1.54, 1.807) is 18.5 Å². The van der Waals surface area contributed by atoms with E-state index in [-0.39, 0.29) is 17.6 Å². The molecule has 0 saturated carbocycles. The molecular formula is C19H20N4O3. The molecule has 1 aromatic heterocycles. The van der Waals surface area contributed by atoms with E-state index < -0.39 is 0 Å². The van der Waals surface area contributed by atoms with Gasteiger partial charge in [-0.15, -0.1) is 0 Å². The molecule has 0 aliphatic rings. The molecule has 0 aliphatic heterocycles. The Morgan fingerprint density at radius 3 is 3.00 bits per heavy atom. The van der Waals surface area contributed by atoms with Crippen LogP contribution in [0.1, 0.15) is 12.5 Å². The maximum absolute atomic E-state index is 12.2. The fraction of sp³-hybridized carbons (Fsp3) is 0.211. The van der Waals surface area contributed by atoms with Crippen molar-refractivity contribution in [2.75, 3.05) is 7.11 Å². The number of para-hydroxylation sites is 2. The van der Waals surface area contributed by atoms with Gasteiger partial charge in [0.15, 0.2) is 11.5 Å². The van der Waals surface area contributed by atoms with Crippen molar-refractivity contribution in [3.8, 4) is 11.5 Å². The van der Waals surface area contributed by atoms with E-state index in [0.717, 1.165) is 11.0 Å². The second-order valence-electron chi connectivity index (χ2n) is 5.95. The zero-order valence-corrected chi connectivity index (χ0v) is 14.6. The van der Waals surface area contributed by atoms with Crippen molar-refractivity contribution in [1.29, 1.82) is 0 Å². The number of hydrazone groups is 1. The highest BCUT2D eigenvalue weighted by atomic mass is 16.5. The molecular weight excluding hydrogens is 332 g/mol. The minimum Gasteiger partial charge on any atom is -0.504 e. The molecule has 1 atom stereocenters. The van der Waals surface area contributed by atoms with Crippen molar-refractivity contribution in [2.24, 2.45) is 11.0 Å². The van der Waals surface area contributed by atoms with Gasteiger partial charge < -0.3 is 14.4 Å². The normalized spacial score (nSPS) is 12.4. The molecule has 2 N–H and O–H groups in total. The number of benzene rings is 2. The van der Waals surface area contributed by atoms with Gasteiger partial charge in [-0.05, 0) is 35.9 Å². The average molecular weight is 352 g/mol. The summed E-state index contributed by atoms with van der Waals surface area (Å²) in [6.07, 6.45) is 3.24. The number of fused-ring (bicyclic) bond motifs is 1. The highest BCUT2D eigenvalue weighted by molar-refractivity contribution is 5.84. The van der Waals surface area contributed by atoms with Crippen molar-refractivity contribution >= 4 is 23.2 Å². The Morgan fingerprint density at radius 2 is 2.19 bits per heavy atom. The average Bonchev–Trinajstić information content (AvgIpc) is 3.06. The number of ether oxygens (including phenoxy) is 1. The monoisotopic (exact) mass is 352 g/mol. The second-order valence-corrected chi connectivity index (χ2v) is 5.95. The first-order chi connectivity index (χ1) is 12.6. The number of imidazole rings is 1. The summed E-state index contributed by atoms with van der Waals surface area (Å²) in [5.74, 6) is -0.0700. The van der Waals surface area contributed by atoms with Crippen LogP contribution in [0.4, 0.5) is 0 Å². The van der Waals surface area contributed by atoms with Gasteiger partial charge in [-0.3, -0.25) is 4.79 Å². The fourth-order valence-corrected chi connectivity index (χ4v) is 2.59. The molecule has 0 fully saturated rings. The summed E-state index contributed by atoms with van der Waals surface area (Å²) in [6.45, 7) is 2.35. The molecule has 0 saturated heterocycles. The summed E-state index contributed by atoms with van der Waals surface area (Å²) in [4.78, 5) is 16.6. The number of carbonyl (C=O) groups excluding carboxylic acids is 1. The second kappa shape index (κ2) is 7.69. The van der Waals surface area contributed by atoms with E-state index in [4.69, 9.17) is 4.74 Å². The zero-order chi connectivity index (χ0) is 18.5. The topological polar surface area (TPSA) is 88.7 Å². The van der Waals surface area contributed by atoms with Gasteiger partial charge in [0.05, 0.1) is 36.6 Å². The van der Waals surface area contributed by atoms with Crippen molar-refractivity contribution in [3.05, 3.63) is 54.4 Å². The molecule has 134 valence electrons. The number of amides is 1. The molecule has 0 spiro atoms. The van der Waals surface area contributed by atoms with Crippen LogP contribution in [0, 0.1) is 5.92 Å². The highest BCUT2D eigenvalue weighted by Crippen LogP contribution is 2.25. The number of methoxy groups -OCH3 is 1. The predicted molar refractivity (Wildman–Crippen MR) is 99.3 cm³/mol. The molecule has 26 heavy (non-hydrogen) atoms. The first-order valence-corrected chi connectivity index (χ1v) is 8.18. The number of hydrogen-bond acceptors (Lipinski definition) is 5. The molecule has 0 radical (unpaired) electrons. The predicted octanol–water partition coefficient (Wildman–Crippen LogP) is 2.54. The lowest BCUT2D eigenvalue weighted by Crippen LogP contribution is -2.27. The number of carbonyl (C=O) groups is 1.